The Morgan fingerprint density at radius 2 is 1.05 bits per heavy atom. The molecular formula is C16H33N6+. The molecule has 0 radical (unpaired) electrons. The Labute approximate surface area is 134 Å². The molecule has 3 rings (SSSR count). The number of nitrogens with zero attached hydrogens (tertiary/aromatic N) is 4. The third-order valence-electron chi connectivity index (χ3n) is 5.04. The molecule has 0 aromatic carbocycles. The topological polar surface area (TPSA) is 50.8 Å². The van der Waals surface area contributed by atoms with Gasteiger partial charge in [-0.1, -0.05) is 11.2 Å². The zero-order chi connectivity index (χ0) is 15.2. The maximum absolute atomic E-state index is 6.52. The van der Waals surface area contributed by atoms with Gasteiger partial charge in [-0.25, -0.2) is 10.0 Å². The molecule has 0 aliphatic carbocycles. The Morgan fingerprint density at radius 1 is 0.636 bits per heavy atom. The predicted octanol–water partition coefficient (Wildman–Crippen LogP) is 1.11. The van der Waals surface area contributed by atoms with Gasteiger partial charge in [0, 0.05) is 39.3 Å². The van der Waals surface area contributed by atoms with Crippen LogP contribution in [0.15, 0.2) is 0 Å². The van der Waals surface area contributed by atoms with E-state index >= 15 is 0 Å². The van der Waals surface area contributed by atoms with Gasteiger partial charge in [-0.2, -0.15) is 10.4 Å². The molecule has 3 heterocycles. The lowest BCUT2D eigenvalue weighted by Gasteiger charge is -2.38. The van der Waals surface area contributed by atoms with Gasteiger partial charge in [0.15, 0.2) is 0 Å². The fraction of sp³-hybridized carbons (Fsp3) is 0.938. The van der Waals surface area contributed by atoms with E-state index in [1.807, 2.05) is 0 Å². The highest BCUT2D eigenvalue weighted by Crippen LogP contribution is 2.15. The van der Waals surface area contributed by atoms with Gasteiger partial charge in [-0.05, 0) is 51.4 Å². The number of hydrazone groups is 2. The molecule has 0 amide bonds. The fourth-order valence-corrected chi connectivity index (χ4v) is 3.83. The van der Waals surface area contributed by atoms with Crippen molar-refractivity contribution in [3.63, 3.8) is 0 Å². The Hall–Kier alpha value is -1.17. The van der Waals surface area contributed by atoms with E-state index in [2.05, 4.69) is 25.2 Å². The summed E-state index contributed by atoms with van der Waals surface area (Å²) in [7, 11) is 0. The lowest BCUT2D eigenvalue weighted by molar-refractivity contribution is -0.819. The van der Waals surface area contributed by atoms with Gasteiger partial charge in [0.2, 0.25) is 0 Å². The van der Waals surface area contributed by atoms with Crippen LogP contribution in [0.4, 0.5) is 0 Å². The zero-order valence-electron chi connectivity index (χ0n) is 14.0. The molecule has 3 N–H and O–H groups in total. The summed E-state index contributed by atoms with van der Waals surface area (Å²) in [5, 5.41) is 7.18. The fourth-order valence-electron chi connectivity index (χ4n) is 3.83. The number of nitrogens with one attached hydrogen (secondary N) is 1. The van der Waals surface area contributed by atoms with Crippen molar-refractivity contribution < 1.29 is 4.79 Å². The third kappa shape index (κ3) is 3.97. The molecule has 0 bridgehead atoms. The molecule has 6 heteroatoms. The van der Waals surface area contributed by atoms with Crippen molar-refractivity contribution in [2.75, 3.05) is 39.3 Å². The van der Waals surface area contributed by atoms with Crippen LogP contribution in [-0.4, -0.2) is 65.0 Å². The summed E-state index contributed by atoms with van der Waals surface area (Å²) >= 11 is 0. The molecule has 3 aliphatic heterocycles. The van der Waals surface area contributed by atoms with Crippen molar-refractivity contribution in [2.24, 2.45) is 5.73 Å². The van der Waals surface area contributed by atoms with Gasteiger partial charge in [0.1, 0.15) is 0 Å². The van der Waals surface area contributed by atoms with Crippen LogP contribution in [0.2, 0.25) is 0 Å². The quantitative estimate of drug-likeness (QED) is 0.465. The molecule has 22 heavy (non-hydrogen) atoms. The second-order valence-electron chi connectivity index (χ2n) is 6.86. The molecule has 6 nitrogen and oxygen atoms in total. The van der Waals surface area contributed by atoms with E-state index in [4.69, 9.17) is 5.73 Å². The SMILES string of the molecule is NC(NN1CCCCC1)=[N+](N1CCCCC1)N1CCCCC1. The highest BCUT2D eigenvalue weighted by molar-refractivity contribution is 5.71. The van der Waals surface area contributed by atoms with E-state index in [1.54, 1.807) is 0 Å². The molecule has 0 unspecified atom stereocenters. The van der Waals surface area contributed by atoms with Crippen LogP contribution in [0.5, 0.6) is 0 Å². The van der Waals surface area contributed by atoms with Crippen LogP contribution >= 0.6 is 0 Å². The molecule has 0 saturated carbocycles. The first-order valence-electron chi connectivity index (χ1n) is 9.28. The van der Waals surface area contributed by atoms with Crippen LogP contribution in [0.1, 0.15) is 57.8 Å². The zero-order valence-corrected chi connectivity index (χ0v) is 14.0. The first-order chi connectivity index (χ1) is 10.8. The van der Waals surface area contributed by atoms with E-state index < -0.39 is 0 Å². The maximum atomic E-state index is 6.52. The van der Waals surface area contributed by atoms with Crippen LogP contribution in [0.3, 0.4) is 0 Å². The summed E-state index contributed by atoms with van der Waals surface area (Å²) in [6.45, 7) is 6.71. The molecule has 3 saturated heterocycles. The van der Waals surface area contributed by atoms with Crippen molar-refractivity contribution >= 4 is 5.96 Å². The van der Waals surface area contributed by atoms with Gasteiger partial charge in [0.25, 0.3) is 0 Å². The largest absolute Gasteiger partial charge is 0.405 e. The molecule has 3 fully saturated rings. The second-order valence-corrected chi connectivity index (χ2v) is 6.86. The Balaban J connectivity index is 1.73. The lowest BCUT2D eigenvalue weighted by atomic mass is 10.1. The molecule has 126 valence electrons. The summed E-state index contributed by atoms with van der Waals surface area (Å²) in [5.41, 5.74) is 10.0. The number of guanidine groups is 1. The standard InChI is InChI=1S/C16H32N6/c17-16(18-19-10-4-1-5-11-19)22(20-12-6-2-7-13-20)21-14-8-3-9-15-21/h1-15H2,(H2,17,18)/p+1. The molecule has 0 spiro atoms. The minimum atomic E-state index is 0.797. The number of hydrogen-bond donors (Lipinski definition) is 2. The molecule has 0 aromatic heterocycles. The van der Waals surface area contributed by atoms with Gasteiger partial charge >= 0.3 is 5.96 Å². The Kier molecular flexibility index (Phi) is 5.64. The van der Waals surface area contributed by atoms with Crippen molar-refractivity contribution in [1.82, 2.24) is 20.5 Å². The van der Waals surface area contributed by atoms with Crippen molar-refractivity contribution in [3.05, 3.63) is 0 Å². The number of piperidine rings is 3. The van der Waals surface area contributed by atoms with Crippen LogP contribution in [0, 0.1) is 0 Å². The van der Waals surface area contributed by atoms with Gasteiger partial charge in [0.05, 0.1) is 0 Å². The van der Waals surface area contributed by atoms with Crippen molar-refractivity contribution in [3.8, 4) is 0 Å². The Bertz CT molecular complexity index is 345. The van der Waals surface area contributed by atoms with E-state index in [9.17, 15) is 0 Å². The average Bonchev–Trinajstić information content (AvgIpc) is 2.58. The van der Waals surface area contributed by atoms with E-state index in [0.29, 0.717) is 0 Å². The summed E-state index contributed by atoms with van der Waals surface area (Å²) in [5.74, 6) is 0.797. The summed E-state index contributed by atoms with van der Waals surface area (Å²) in [6, 6.07) is 0. The highest BCUT2D eigenvalue weighted by Gasteiger charge is 2.27. The number of nitrogens with two attached hydrogens (primary N) is 1. The monoisotopic (exact) mass is 309 g/mol. The Morgan fingerprint density at radius 3 is 1.50 bits per heavy atom. The summed E-state index contributed by atoms with van der Waals surface area (Å²) in [4.78, 5) is 2.27. The normalized spacial score (nSPS) is 24.2. The van der Waals surface area contributed by atoms with E-state index in [-0.39, 0.29) is 0 Å². The minimum absolute atomic E-state index is 0.797. The highest BCUT2D eigenvalue weighted by atomic mass is 15.8. The molecule has 0 aromatic rings. The molecule has 3 aliphatic rings. The van der Waals surface area contributed by atoms with Gasteiger partial charge < -0.3 is 0 Å². The van der Waals surface area contributed by atoms with Gasteiger partial charge in [-0.15, -0.1) is 0 Å². The summed E-state index contributed by atoms with van der Waals surface area (Å²) in [6.07, 6.45) is 11.7. The van der Waals surface area contributed by atoms with Crippen LogP contribution in [-0.2, 0) is 0 Å². The number of rotatable bonds is 3. The van der Waals surface area contributed by atoms with E-state index in [1.165, 1.54) is 57.8 Å². The van der Waals surface area contributed by atoms with Gasteiger partial charge in [-0.3, -0.25) is 5.73 Å². The molecular weight excluding hydrogens is 276 g/mol. The second kappa shape index (κ2) is 7.90. The summed E-state index contributed by atoms with van der Waals surface area (Å²) < 4.78 is 0. The smallest absolute Gasteiger partial charge is 0.286 e. The van der Waals surface area contributed by atoms with E-state index in [0.717, 1.165) is 45.2 Å². The lowest BCUT2D eigenvalue weighted by Crippen LogP contribution is -2.60. The molecule has 0 atom stereocenters. The predicted molar refractivity (Wildman–Crippen MR) is 88.9 cm³/mol. The first kappa shape index (κ1) is 15.7. The minimum Gasteiger partial charge on any atom is -0.286 e. The number of hydrazine groups is 3. The average molecular weight is 309 g/mol. The number of hydrogen-bond acceptors (Lipinski definition) is 3. The van der Waals surface area contributed by atoms with Crippen molar-refractivity contribution in [2.45, 2.75) is 57.8 Å². The maximum Gasteiger partial charge on any atom is 0.405 e. The van der Waals surface area contributed by atoms with Crippen LogP contribution < -0.4 is 11.2 Å². The third-order valence-corrected chi connectivity index (χ3v) is 5.04. The van der Waals surface area contributed by atoms with Crippen LogP contribution in [0.25, 0.3) is 0 Å². The first-order valence-corrected chi connectivity index (χ1v) is 9.28. The van der Waals surface area contributed by atoms with Crippen molar-refractivity contribution in [1.29, 1.82) is 0 Å².